The molecule has 0 aromatic heterocycles. The van der Waals surface area contributed by atoms with Crippen molar-refractivity contribution < 1.29 is 18.7 Å². The molecule has 3 aromatic carbocycles. The van der Waals surface area contributed by atoms with Crippen LogP contribution in [0.5, 0.6) is 0 Å². The normalized spacial score (nSPS) is 16.3. The number of likely N-dealkylation sites (tertiary alicyclic amines) is 1. The van der Waals surface area contributed by atoms with Gasteiger partial charge in [-0.15, -0.1) is 0 Å². The molecule has 1 aliphatic carbocycles. The third kappa shape index (κ3) is 5.48. The third-order valence-electron chi connectivity index (χ3n) is 7.48. The average Bonchev–Trinajstić information content (AvgIpc) is 3.06. The van der Waals surface area contributed by atoms with Crippen LogP contribution in [0.3, 0.4) is 0 Å². The molecule has 1 fully saturated rings. The topological polar surface area (TPSA) is 40.5 Å². The van der Waals surface area contributed by atoms with Crippen molar-refractivity contribution in [1.82, 2.24) is 4.90 Å². The maximum atomic E-state index is 15.2. The highest BCUT2D eigenvalue weighted by molar-refractivity contribution is 6.31. The van der Waals surface area contributed by atoms with Crippen molar-refractivity contribution in [3.05, 3.63) is 105 Å². The van der Waals surface area contributed by atoms with E-state index in [4.69, 9.17) is 11.6 Å². The van der Waals surface area contributed by atoms with Crippen LogP contribution < -0.4 is 0 Å². The molecule has 0 bridgehead atoms. The second kappa shape index (κ2) is 11.2. The number of benzene rings is 3. The largest absolute Gasteiger partial charge is 0.478 e. The van der Waals surface area contributed by atoms with Crippen molar-refractivity contribution in [1.29, 1.82) is 0 Å². The molecule has 3 nitrogen and oxygen atoms in total. The Balaban J connectivity index is 1.51. The summed E-state index contributed by atoms with van der Waals surface area (Å²) in [7, 11) is 0. The van der Waals surface area contributed by atoms with Gasteiger partial charge in [0.05, 0.1) is 17.3 Å². The Bertz CT molecular complexity index is 1330. The summed E-state index contributed by atoms with van der Waals surface area (Å²) < 4.78 is 27.7. The van der Waals surface area contributed by atoms with Gasteiger partial charge in [-0.1, -0.05) is 54.1 Å². The van der Waals surface area contributed by atoms with Crippen molar-refractivity contribution >= 4 is 28.7 Å². The number of fused-ring (bicyclic) bond motifs is 1. The molecule has 0 spiro atoms. The van der Waals surface area contributed by atoms with Gasteiger partial charge in [0.2, 0.25) is 0 Å². The van der Waals surface area contributed by atoms with Crippen LogP contribution in [0.4, 0.5) is 8.78 Å². The molecule has 0 atom stereocenters. The minimum atomic E-state index is -0.956. The molecule has 6 heteroatoms. The number of nitrogens with zero attached hydrogens (tertiary/aromatic N) is 1. The summed E-state index contributed by atoms with van der Waals surface area (Å²) in [5.41, 5.74) is 6.67. The maximum Gasteiger partial charge on any atom is 0.335 e. The maximum absolute atomic E-state index is 15.2. The molecule has 1 heterocycles. The van der Waals surface area contributed by atoms with Crippen molar-refractivity contribution in [3.8, 4) is 0 Å². The average molecular weight is 522 g/mol. The van der Waals surface area contributed by atoms with Gasteiger partial charge in [-0.2, -0.15) is 0 Å². The highest BCUT2D eigenvalue weighted by Gasteiger charge is 2.27. The van der Waals surface area contributed by atoms with E-state index in [1.54, 1.807) is 30.3 Å². The fourth-order valence-corrected chi connectivity index (χ4v) is 5.84. The van der Waals surface area contributed by atoms with Crippen LogP contribution in [0, 0.1) is 11.7 Å². The molecule has 5 rings (SSSR count). The molecule has 192 valence electrons. The van der Waals surface area contributed by atoms with Crippen molar-refractivity contribution in [3.63, 3.8) is 0 Å². The number of allylic oxidation sites excluding steroid dienone is 1. The number of carbonyl (C=O) groups is 1. The van der Waals surface area contributed by atoms with Gasteiger partial charge < -0.3 is 10.0 Å². The lowest BCUT2D eigenvalue weighted by atomic mass is 9.86. The van der Waals surface area contributed by atoms with Gasteiger partial charge in [0.25, 0.3) is 0 Å². The number of carboxylic acids is 1. The Morgan fingerprint density at radius 2 is 1.81 bits per heavy atom. The minimum Gasteiger partial charge on any atom is -0.478 e. The Hall–Kier alpha value is -3.02. The fourth-order valence-electron chi connectivity index (χ4n) is 5.67. The van der Waals surface area contributed by atoms with Gasteiger partial charge in [0.1, 0.15) is 5.82 Å². The third-order valence-corrected chi connectivity index (χ3v) is 7.77. The zero-order valence-corrected chi connectivity index (χ0v) is 21.4. The number of aromatic carboxylic acids is 1. The quantitative estimate of drug-likeness (QED) is 0.338. The molecular weight excluding hydrogens is 492 g/mol. The molecule has 2 aliphatic rings. The SMILES string of the molecule is O=C(O)c1ccc2c(c1)CCCC(c1cccc(Cl)c1F)=C2c1ccc(CC2CN(CCCF)C2)cc1. The molecule has 1 N–H and O–H groups in total. The van der Waals surface area contributed by atoms with Crippen LogP contribution in [0.15, 0.2) is 60.7 Å². The number of carboxylic acid groups (broad SMARTS) is 1. The first kappa shape index (κ1) is 25.6. The number of alkyl halides is 1. The molecule has 0 saturated carbocycles. The number of rotatable bonds is 8. The Labute approximate surface area is 221 Å². The first-order valence-electron chi connectivity index (χ1n) is 12.9. The number of halogens is 3. The van der Waals surface area contributed by atoms with Gasteiger partial charge in [-0.25, -0.2) is 9.18 Å². The lowest BCUT2D eigenvalue weighted by Gasteiger charge is -2.39. The Morgan fingerprint density at radius 1 is 1.03 bits per heavy atom. The zero-order chi connectivity index (χ0) is 25.9. The van der Waals surface area contributed by atoms with Crippen molar-refractivity contribution in [2.75, 3.05) is 26.3 Å². The van der Waals surface area contributed by atoms with Crippen LogP contribution >= 0.6 is 11.6 Å². The number of aryl methyl sites for hydroxylation is 1. The summed E-state index contributed by atoms with van der Waals surface area (Å²) in [5, 5.41) is 9.62. The standard InChI is InChI=1S/C31H30ClF2NO2/c32-28-7-2-6-27(30(28)34)26-5-1-4-23-17-24(31(36)37)12-13-25(23)29(26)22-10-8-20(9-11-22)16-21-18-35(19-21)15-3-14-33/h2,6-13,17,21H,1,3-5,14-16,18-19H2,(H,36,37). The van der Waals surface area contributed by atoms with Gasteiger partial charge in [0, 0.05) is 25.2 Å². The number of hydrogen-bond donors (Lipinski definition) is 1. The zero-order valence-electron chi connectivity index (χ0n) is 20.7. The lowest BCUT2D eigenvalue weighted by Crippen LogP contribution is -2.47. The van der Waals surface area contributed by atoms with E-state index >= 15 is 4.39 Å². The van der Waals surface area contributed by atoms with Crippen LogP contribution in [0.2, 0.25) is 5.02 Å². The van der Waals surface area contributed by atoms with E-state index in [1.165, 1.54) is 5.56 Å². The van der Waals surface area contributed by atoms with E-state index in [2.05, 4.69) is 29.2 Å². The molecule has 1 aliphatic heterocycles. The van der Waals surface area contributed by atoms with Crippen molar-refractivity contribution in [2.24, 2.45) is 5.92 Å². The van der Waals surface area contributed by atoms with Gasteiger partial charge in [-0.05, 0) is 89.6 Å². The minimum absolute atomic E-state index is 0.0893. The summed E-state index contributed by atoms with van der Waals surface area (Å²) in [5.74, 6) is -0.808. The summed E-state index contributed by atoms with van der Waals surface area (Å²) in [6, 6.07) is 18.8. The van der Waals surface area contributed by atoms with Crippen LogP contribution in [-0.2, 0) is 12.8 Å². The second-order valence-corrected chi connectivity index (χ2v) is 10.5. The predicted molar refractivity (Wildman–Crippen MR) is 144 cm³/mol. The van der Waals surface area contributed by atoms with Crippen LogP contribution in [0.1, 0.15) is 57.4 Å². The van der Waals surface area contributed by atoms with Crippen LogP contribution in [-0.4, -0.2) is 42.3 Å². The van der Waals surface area contributed by atoms with E-state index in [9.17, 15) is 14.3 Å². The molecule has 3 aromatic rings. The van der Waals surface area contributed by atoms with Gasteiger partial charge >= 0.3 is 5.97 Å². The van der Waals surface area contributed by atoms with Crippen molar-refractivity contribution in [2.45, 2.75) is 32.1 Å². The highest BCUT2D eigenvalue weighted by Crippen LogP contribution is 2.41. The lowest BCUT2D eigenvalue weighted by molar-refractivity contribution is 0.0696. The smallest absolute Gasteiger partial charge is 0.335 e. The second-order valence-electron chi connectivity index (χ2n) is 10.1. The summed E-state index contributed by atoms with van der Waals surface area (Å²) in [6.07, 6.45) is 3.72. The fraction of sp³-hybridized carbons (Fsp3) is 0.323. The van der Waals surface area contributed by atoms with E-state index in [1.807, 2.05) is 6.07 Å². The first-order chi connectivity index (χ1) is 17.9. The van der Waals surface area contributed by atoms with E-state index in [0.717, 1.165) is 60.3 Å². The van der Waals surface area contributed by atoms with E-state index < -0.39 is 11.8 Å². The first-order valence-corrected chi connectivity index (χ1v) is 13.2. The highest BCUT2D eigenvalue weighted by atomic mass is 35.5. The summed E-state index contributed by atoms with van der Waals surface area (Å²) in [4.78, 5) is 13.9. The predicted octanol–water partition coefficient (Wildman–Crippen LogP) is 7.31. The Kier molecular flexibility index (Phi) is 7.73. The van der Waals surface area contributed by atoms with Crippen LogP contribution in [0.25, 0.3) is 11.1 Å². The molecule has 0 amide bonds. The molecule has 37 heavy (non-hydrogen) atoms. The monoisotopic (exact) mass is 521 g/mol. The molecule has 0 unspecified atom stereocenters. The molecular formula is C31H30ClF2NO2. The van der Waals surface area contributed by atoms with Gasteiger partial charge in [-0.3, -0.25) is 4.39 Å². The van der Waals surface area contributed by atoms with E-state index in [-0.39, 0.29) is 17.3 Å². The molecule has 0 radical (unpaired) electrons. The summed E-state index contributed by atoms with van der Waals surface area (Å²) >= 11 is 6.17. The van der Waals surface area contributed by atoms with E-state index in [0.29, 0.717) is 30.7 Å². The summed E-state index contributed by atoms with van der Waals surface area (Å²) in [6.45, 7) is 2.57. The molecule has 1 saturated heterocycles. The Morgan fingerprint density at radius 3 is 2.54 bits per heavy atom. The van der Waals surface area contributed by atoms with Gasteiger partial charge in [0.15, 0.2) is 0 Å². The number of hydrogen-bond acceptors (Lipinski definition) is 2.